The Morgan fingerprint density at radius 2 is 1.88 bits per heavy atom. The molecule has 0 aliphatic rings. The van der Waals surface area contributed by atoms with E-state index < -0.39 is 0 Å². The van der Waals surface area contributed by atoms with Gasteiger partial charge in [0.1, 0.15) is 5.65 Å². The summed E-state index contributed by atoms with van der Waals surface area (Å²) in [6.07, 6.45) is 2.97. The largest absolute Gasteiger partial charge is 0.396 e. The number of fused-ring (bicyclic) bond motifs is 1. The maximum absolute atomic E-state index is 9.56. The molecule has 3 aromatic heterocycles. The molecule has 0 aliphatic heterocycles. The van der Waals surface area contributed by atoms with Crippen molar-refractivity contribution >= 4 is 11.0 Å². The van der Waals surface area contributed by atoms with Crippen LogP contribution in [0.15, 0.2) is 24.4 Å². The molecule has 0 fully saturated rings. The molecule has 3 aromatic rings. The van der Waals surface area contributed by atoms with Crippen LogP contribution in [0.5, 0.6) is 0 Å². The van der Waals surface area contributed by atoms with E-state index in [2.05, 4.69) is 56.7 Å². The Morgan fingerprint density at radius 3 is 2.50 bits per heavy atom. The molecule has 1 atom stereocenters. The molecule has 0 bridgehead atoms. The number of aromatic nitrogens is 3. The number of aryl methyl sites for hydroxylation is 3. The molecule has 3 heterocycles. The quantitative estimate of drug-likeness (QED) is 0.723. The van der Waals surface area contributed by atoms with E-state index in [0.717, 1.165) is 51.2 Å². The first-order chi connectivity index (χ1) is 12.4. The van der Waals surface area contributed by atoms with Gasteiger partial charge in [0.2, 0.25) is 0 Å². The van der Waals surface area contributed by atoms with Crippen molar-refractivity contribution in [3.8, 4) is 11.3 Å². The van der Waals surface area contributed by atoms with Gasteiger partial charge in [0.05, 0.1) is 5.69 Å². The Labute approximate surface area is 155 Å². The smallest absolute Gasteiger partial charge is 0.140 e. The molecule has 0 radical (unpaired) electrons. The van der Waals surface area contributed by atoms with E-state index in [9.17, 15) is 5.11 Å². The average molecular weight is 351 g/mol. The summed E-state index contributed by atoms with van der Waals surface area (Å²) in [5.74, 6) is 0.519. The monoisotopic (exact) mass is 351 g/mol. The van der Waals surface area contributed by atoms with Crippen molar-refractivity contribution in [1.29, 1.82) is 0 Å². The molecule has 0 aliphatic carbocycles. The van der Waals surface area contributed by atoms with Crippen LogP contribution in [0.1, 0.15) is 62.0 Å². The Bertz CT molecular complexity index is 940. The van der Waals surface area contributed by atoms with Crippen molar-refractivity contribution in [1.82, 2.24) is 14.5 Å². The molecule has 138 valence electrons. The summed E-state index contributed by atoms with van der Waals surface area (Å²) in [4.78, 5) is 9.88. The van der Waals surface area contributed by atoms with Gasteiger partial charge >= 0.3 is 0 Å². The maximum Gasteiger partial charge on any atom is 0.140 e. The predicted molar refractivity (Wildman–Crippen MR) is 108 cm³/mol. The first-order valence-electron chi connectivity index (χ1n) is 9.44. The van der Waals surface area contributed by atoms with Crippen LogP contribution in [0, 0.1) is 6.92 Å². The number of pyridine rings is 2. The molecule has 0 amide bonds. The minimum atomic E-state index is 0.101. The average Bonchev–Trinajstić information content (AvgIpc) is 2.95. The zero-order valence-electron chi connectivity index (χ0n) is 16.7. The van der Waals surface area contributed by atoms with Gasteiger partial charge in [-0.2, -0.15) is 0 Å². The molecular weight excluding hydrogens is 322 g/mol. The van der Waals surface area contributed by atoms with E-state index in [4.69, 9.17) is 9.97 Å². The minimum Gasteiger partial charge on any atom is -0.396 e. The van der Waals surface area contributed by atoms with Gasteiger partial charge in [0, 0.05) is 48.1 Å². The van der Waals surface area contributed by atoms with Crippen molar-refractivity contribution in [2.75, 3.05) is 6.61 Å². The van der Waals surface area contributed by atoms with Crippen LogP contribution in [0.2, 0.25) is 0 Å². The number of hydrogen-bond donors (Lipinski definition) is 1. The summed E-state index contributed by atoms with van der Waals surface area (Å²) >= 11 is 0. The molecule has 0 saturated carbocycles. The molecule has 3 rings (SSSR count). The normalized spacial score (nSPS) is 12.9. The van der Waals surface area contributed by atoms with E-state index in [1.54, 1.807) is 0 Å². The van der Waals surface area contributed by atoms with Crippen molar-refractivity contribution < 1.29 is 5.11 Å². The molecule has 0 saturated heterocycles. The highest BCUT2D eigenvalue weighted by Gasteiger charge is 2.18. The number of nitrogens with zero attached hydrogens (tertiary/aromatic N) is 3. The fourth-order valence-electron chi connectivity index (χ4n) is 3.51. The summed E-state index contributed by atoms with van der Waals surface area (Å²) in [5, 5.41) is 10.7. The highest BCUT2D eigenvalue weighted by molar-refractivity contribution is 5.85. The third-order valence-electron chi connectivity index (χ3n) is 5.15. The zero-order valence-corrected chi connectivity index (χ0v) is 16.7. The first-order valence-corrected chi connectivity index (χ1v) is 9.44. The van der Waals surface area contributed by atoms with Gasteiger partial charge in [-0.05, 0) is 48.6 Å². The second-order valence-electron chi connectivity index (χ2n) is 7.54. The molecule has 0 spiro atoms. The van der Waals surface area contributed by atoms with Crippen molar-refractivity contribution in [3.05, 3.63) is 46.9 Å². The molecule has 4 nitrogen and oxygen atoms in total. The summed E-state index contributed by atoms with van der Waals surface area (Å²) in [5.41, 5.74) is 7.60. The van der Waals surface area contributed by atoms with Crippen molar-refractivity contribution in [2.45, 2.75) is 52.9 Å². The van der Waals surface area contributed by atoms with Gasteiger partial charge in [-0.3, -0.25) is 4.98 Å². The maximum atomic E-state index is 9.56. The lowest BCUT2D eigenvalue weighted by atomic mass is 9.98. The van der Waals surface area contributed by atoms with Gasteiger partial charge in [-0.25, -0.2) is 4.98 Å². The first kappa shape index (κ1) is 18.6. The summed E-state index contributed by atoms with van der Waals surface area (Å²) in [6.45, 7) is 10.8. The zero-order chi connectivity index (χ0) is 19.0. The van der Waals surface area contributed by atoms with Gasteiger partial charge in [0.25, 0.3) is 0 Å². The fourth-order valence-corrected chi connectivity index (χ4v) is 3.51. The standard InChI is InChI=1S/C22H29N3O/c1-7-19-16(8-9-20(23-19)13(2)3)21-14(4)10-17-18(15(5)12-26)11-25(6)22(17)24-21/h8-11,13,15,26H,7,12H2,1-6H3/t15-/m1/s1. The lowest BCUT2D eigenvalue weighted by Gasteiger charge is -2.14. The molecule has 1 N–H and O–H groups in total. The summed E-state index contributed by atoms with van der Waals surface area (Å²) in [7, 11) is 2.02. The van der Waals surface area contributed by atoms with Crippen LogP contribution in [0.4, 0.5) is 0 Å². The van der Waals surface area contributed by atoms with E-state index >= 15 is 0 Å². The second kappa shape index (κ2) is 7.20. The molecule has 0 unspecified atom stereocenters. The van der Waals surface area contributed by atoms with Gasteiger partial charge in [0.15, 0.2) is 0 Å². The lowest BCUT2D eigenvalue weighted by molar-refractivity contribution is 0.273. The van der Waals surface area contributed by atoms with Gasteiger partial charge in [-0.1, -0.05) is 27.7 Å². The summed E-state index contributed by atoms with van der Waals surface area (Å²) < 4.78 is 2.06. The van der Waals surface area contributed by atoms with E-state index in [1.165, 1.54) is 0 Å². The second-order valence-corrected chi connectivity index (χ2v) is 7.54. The van der Waals surface area contributed by atoms with Gasteiger partial charge < -0.3 is 9.67 Å². The Kier molecular flexibility index (Phi) is 5.15. The number of hydrogen-bond acceptors (Lipinski definition) is 3. The minimum absolute atomic E-state index is 0.101. The number of aliphatic hydroxyl groups is 1. The molecule has 0 aromatic carbocycles. The van der Waals surface area contributed by atoms with E-state index in [-0.39, 0.29) is 12.5 Å². The van der Waals surface area contributed by atoms with Crippen LogP contribution in [0.3, 0.4) is 0 Å². The molecule has 4 heteroatoms. The lowest BCUT2D eigenvalue weighted by Crippen LogP contribution is -2.02. The number of aliphatic hydroxyl groups excluding tert-OH is 1. The Morgan fingerprint density at radius 1 is 1.15 bits per heavy atom. The predicted octanol–water partition coefficient (Wildman–Crippen LogP) is 4.73. The fraction of sp³-hybridized carbons (Fsp3) is 0.455. The van der Waals surface area contributed by atoms with Crippen molar-refractivity contribution in [3.63, 3.8) is 0 Å². The topological polar surface area (TPSA) is 50.9 Å². The van der Waals surface area contributed by atoms with Crippen LogP contribution >= 0.6 is 0 Å². The Hall–Kier alpha value is -2.20. The highest BCUT2D eigenvalue weighted by Crippen LogP contribution is 2.32. The van der Waals surface area contributed by atoms with E-state index in [1.807, 2.05) is 14.0 Å². The van der Waals surface area contributed by atoms with Crippen LogP contribution in [0.25, 0.3) is 22.3 Å². The van der Waals surface area contributed by atoms with Crippen LogP contribution < -0.4 is 0 Å². The summed E-state index contributed by atoms with van der Waals surface area (Å²) in [6, 6.07) is 6.49. The third kappa shape index (κ3) is 3.14. The highest BCUT2D eigenvalue weighted by atomic mass is 16.3. The Balaban J connectivity index is 2.21. The van der Waals surface area contributed by atoms with Gasteiger partial charge in [-0.15, -0.1) is 0 Å². The van der Waals surface area contributed by atoms with Crippen LogP contribution in [-0.4, -0.2) is 26.2 Å². The van der Waals surface area contributed by atoms with E-state index in [0.29, 0.717) is 5.92 Å². The SMILES string of the molecule is CCc1nc(C(C)C)ccc1-c1nc2c(cc1C)c([C@H](C)CO)cn2C. The number of rotatable bonds is 5. The molecule has 26 heavy (non-hydrogen) atoms. The third-order valence-corrected chi connectivity index (χ3v) is 5.15. The molecular formula is C22H29N3O. The van der Waals surface area contributed by atoms with Crippen LogP contribution in [-0.2, 0) is 13.5 Å². The van der Waals surface area contributed by atoms with Crippen molar-refractivity contribution in [2.24, 2.45) is 7.05 Å².